The van der Waals surface area contributed by atoms with Crippen molar-refractivity contribution in [2.75, 3.05) is 45.8 Å². The van der Waals surface area contributed by atoms with E-state index in [-0.39, 0.29) is 5.91 Å². The third kappa shape index (κ3) is 7.28. The van der Waals surface area contributed by atoms with Crippen molar-refractivity contribution in [3.8, 4) is 0 Å². The van der Waals surface area contributed by atoms with Crippen LogP contribution < -0.4 is 5.32 Å². The molecule has 0 radical (unpaired) electrons. The Bertz CT molecular complexity index is 505. The van der Waals surface area contributed by atoms with Gasteiger partial charge in [-0.1, -0.05) is 56.3 Å². The van der Waals surface area contributed by atoms with Crippen LogP contribution in [-0.4, -0.2) is 61.5 Å². The summed E-state index contributed by atoms with van der Waals surface area (Å²) in [7, 11) is 0. The number of carbonyl (C=O) groups is 1. The number of carbonyl (C=O) groups excluding carboxylic acids is 1. The molecule has 0 bridgehead atoms. The van der Waals surface area contributed by atoms with E-state index in [9.17, 15) is 4.79 Å². The van der Waals surface area contributed by atoms with Crippen molar-refractivity contribution in [2.45, 2.75) is 20.3 Å². The fourth-order valence-corrected chi connectivity index (χ4v) is 2.76. The molecule has 1 heterocycles. The van der Waals surface area contributed by atoms with E-state index in [1.165, 1.54) is 5.56 Å². The standard InChI is InChI=1S/C20H31N3O/c1-18(2)17-21-20(24)10-12-23-15-13-22(14-16-23)11-6-9-19-7-4-3-5-8-19/h3-9,18H,10-17H2,1-2H3,(H,21,24)/b9-6+. The molecule has 0 aromatic heterocycles. The molecule has 132 valence electrons. The lowest BCUT2D eigenvalue weighted by molar-refractivity contribution is -0.121. The third-order valence-electron chi connectivity index (χ3n) is 4.30. The maximum absolute atomic E-state index is 11.8. The molecule has 0 unspecified atom stereocenters. The molecule has 1 aromatic carbocycles. The van der Waals surface area contributed by atoms with Gasteiger partial charge in [0.1, 0.15) is 0 Å². The van der Waals surface area contributed by atoms with Gasteiger partial charge >= 0.3 is 0 Å². The average molecular weight is 329 g/mol. The van der Waals surface area contributed by atoms with Crippen LogP contribution in [0.15, 0.2) is 36.4 Å². The predicted octanol–water partition coefficient (Wildman–Crippen LogP) is 2.48. The highest BCUT2D eigenvalue weighted by atomic mass is 16.1. The first-order valence-corrected chi connectivity index (χ1v) is 9.06. The van der Waals surface area contributed by atoms with Crippen LogP contribution in [-0.2, 0) is 4.79 Å². The van der Waals surface area contributed by atoms with Gasteiger partial charge in [0.05, 0.1) is 0 Å². The van der Waals surface area contributed by atoms with Crippen molar-refractivity contribution in [3.63, 3.8) is 0 Å². The Labute approximate surface area is 146 Å². The maximum atomic E-state index is 11.8. The summed E-state index contributed by atoms with van der Waals surface area (Å²) in [5.74, 6) is 0.693. The number of benzene rings is 1. The Balaban J connectivity index is 1.59. The molecule has 0 spiro atoms. The normalized spacial score (nSPS) is 16.8. The first-order chi connectivity index (χ1) is 11.6. The summed E-state index contributed by atoms with van der Waals surface area (Å²) in [6.45, 7) is 11.1. The minimum absolute atomic E-state index is 0.178. The summed E-state index contributed by atoms with van der Waals surface area (Å²) in [6.07, 6.45) is 5.04. The SMILES string of the molecule is CC(C)CNC(=O)CCN1CCN(C/C=C/c2ccccc2)CC1. The average Bonchev–Trinajstić information content (AvgIpc) is 2.60. The molecule has 1 fully saturated rings. The largest absolute Gasteiger partial charge is 0.356 e. The lowest BCUT2D eigenvalue weighted by Gasteiger charge is -2.34. The summed E-state index contributed by atoms with van der Waals surface area (Å²) in [5, 5.41) is 2.99. The quantitative estimate of drug-likeness (QED) is 0.796. The van der Waals surface area contributed by atoms with Crippen LogP contribution in [0.1, 0.15) is 25.8 Å². The van der Waals surface area contributed by atoms with Crippen molar-refractivity contribution >= 4 is 12.0 Å². The topological polar surface area (TPSA) is 35.6 Å². The van der Waals surface area contributed by atoms with Gasteiger partial charge < -0.3 is 10.2 Å². The molecule has 1 amide bonds. The number of nitrogens with one attached hydrogen (secondary N) is 1. The minimum Gasteiger partial charge on any atom is -0.356 e. The van der Waals surface area contributed by atoms with Crippen LogP contribution >= 0.6 is 0 Å². The maximum Gasteiger partial charge on any atom is 0.221 e. The number of hydrogen-bond donors (Lipinski definition) is 1. The first kappa shape index (κ1) is 18.7. The van der Waals surface area contributed by atoms with Gasteiger partial charge in [-0.15, -0.1) is 0 Å². The van der Waals surface area contributed by atoms with Crippen LogP contribution in [0.5, 0.6) is 0 Å². The number of amides is 1. The van der Waals surface area contributed by atoms with Crippen molar-refractivity contribution in [2.24, 2.45) is 5.92 Å². The number of piperazine rings is 1. The van der Waals surface area contributed by atoms with Crippen LogP contribution in [0, 0.1) is 5.92 Å². The molecule has 0 saturated carbocycles. The van der Waals surface area contributed by atoms with E-state index in [2.05, 4.69) is 65.4 Å². The second-order valence-corrected chi connectivity index (χ2v) is 6.90. The summed E-state index contributed by atoms with van der Waals surface area (Å²) >= 11 is 0. The monoisotopic (exact) mass is 329 g/mol. The highest BCUT2D eigenvalue weighted by Gasteiger charge is 2.16. The van der Waals surface area contributed by atoms with Crippen molar-refractivity contribution in [1.29, 1.82) is 0 Å². The second-order valence-electron chi connectivity index (χ2n) is 6.90. The van der Waals surface area contributed by atoms with Crippen molar-refractivity contribution in [1.82, 2.24) is 15.1 Å². The first-order valence-electron chi connectivity index (χ1n) is 9.06. The van der Waals surface area contributed by atoms with Gasteiger partial charge in [0.2, 0.25) is 5.91 Å². The van der Waals surface area contributed by atoms with Gasteiger partial charge in [0.25, 0.3) is 0 Å². The van der Waals surface area contributed by atoms with Crippen molar-refractivity contribution < 1.29 is 4.79 Å². The Morgan fingerprint density at radius 2 is 1.79 bits per heavy atom. The van der Waals surface area contributed by atoms with E-state index in [1.807, 2.05) is 6.07 Å². The fourth-order valence-electron chi connectivity index (χ4n) is 2.76. The van der Waals surface area contributed by atoms with Crippen LogP contribution in [0.2, 0.25) is 0 Å². The molecule has 2 rings (SSSR count). The summed E-state index contributed by atoms with van der Waals surface area (Å²) in [4.78, 5) is 16.6. The van der Waals surface area contributed by atoms with Crippen molar-refractivity contribution in [3.05, 3.63) is 42.0 Å². The zero-order chi connectivity index (χ0) is 17.2. The van der Waals surface area contributed by atoms with E-state index in [0.717, 1.165) is 45.8 Å². The van der Waals surface area contributed by atoms with Gasteiger partial charge in [-0.25, -0.2) is 0 Å². The lowest BCUT2D eigenvalue weighted by atomic mass is 10.2. The summed E-state index contributed by atoms with van der Waals surface area (Å²) in [5.41, 5.74) is 1.25. The van der Waals surface area contributed by atoms with E-state index in [4.69, 9.17) is 0 Å². The Morgan fingerprint density at radius 1 is 1.12 bits per heavy atom. The Morgan fingerprint density at radius 3 is 2.46 bits per heavy atom. The zero-order valence-corrected chi connectivity index (χ0v) is 15.1. The predicted molar refractivity (Wildman–Crippen MR) is 101 cm³/mol. The van der Waals surface area contributed by atoms with Crippen LogP contribution in [0.4, 0.5) is 0 Å². The molecule has 1 N–H and O–H groups in total. The molecule has 1 aliphatic heterocycles. The molecular weight excluding hydrogens is 298 g/mol. The number of rotatable bonds is 8. The van der Waals surface area contributed by atoms with Crippen LogP contribution in [0.25, 0.3) is 6.08 Å². The van der Waals surface area contributed by atoms with Gasteiger partial charge in [-0.05, 0) is 11.5 Å². The third-order valence-corrected chi connectivity index (χ3v) is 4.30. The molecule has 0 aliphatic carbocycles. The molecule has 4 nitrogen and oxygen atoms in total. The zero-order valence-electron chi connectivity index (χ0n) is 15.1. The molecule has 4 heteroatoms. The smallest absolute Gasteiger partial charge is 0.221 e. The highest BCUT2D eigenvalue weighted by Crippen LogP contribution is 2.05. The Hall–Kier alpha value is -1.65. The molecular formula is C20H31N3O. The van der Waals surface area contributed by atoms with Gasteiger partial charge in [0.15, 0.2) is 0 Å². The van der Waals surface area contributed by atoms with E-state index >= 15 is 0 Å². The minimum atomic E-state index is 0.178. The van der Waals surface area contributed by atoms with E-state index in [1.54, 1.807) is 0 Å². The fraction of sp³-hybridized carbons (Fsp3) is 0.550. The van der Waals surface area contributed by atoms with Gasteiger partial charge in [-0.3, -0.25) is 9.69 Å². The number of hydrogen-bond acceptors (Lipinski definition) is 3. The Kier molecular flexibility index (Phi) is 7.99. The van der Waals surface area contributed by atoms with E-state index < -0.39 is 0 Å². The summed E-state index contributed by atoms with van der Waals surface area (Å²) < 4.78 is 0. The lowest BCUT2D eigenvalue weighted by Crippen LogP contribution is -2.47. The highest BCUT2D eigenvalue weighted by molar-refractivity contribution is 5.76. The second kappa shape index (κ2) is 10.3. The van der Waals surface area contributed by atoms with E-state index in [0.29, 0.717) is 12.3 Å². The number of nitrogens with zero attached hydrogens (tertiary/aromatic N) is 2. The molecule has 0 atom stereocenters. The molecule has 1 saturated heterocycles. The molecule has 1 aliphatic rings. The van der Waals surface area contributed by atoms with Crippen LogP contribution in [0.3, 0.4) is 0 Å². The summed E-state index contributed by atoms with van der Waals surface area (Å²) in [6, 6.07) is 10.4. The van der Waals surface area contributed by atoms with Gasteiger partial charge in [-0.2, -0.15) is 0 Å². The van der Waals surface area contributed by atoms with Gasteiger partial charge in [0, 0.05) is 52.2 Å². The molecule has 1 aromatic rings. The molecule has 24 heavy (non-hydrogen) atoms.